The van der Waals surface area contributed by atoms with Crippen molar-refractivity contribution in [3.8, 4) is 0 Å². The van der Waals surface area contributed by atoms with Crippen molar-refractivity contribution in [3.05, 3.63) is 22.1 Å². The number of aryl methyl sites for hydroxylation is 1. The van der Waals surface area contributed by atoms with Gasteiger partial charge in [0.05, 0.1) is 0 Å². The molecule has 0 aliphatic rings. The summed E-state index contributed by atoms with van der Waals surface area (Å²) in [4.78, 5) is 22.3. The lowest BCUT2D eigenvalue weighted by Crippen LogP contribution is -2.25. The predicted octanol–water partition coefficient (Wildman–Crippen LogP) is 1.80. The van der Waals surface area contributed by atoms with E-state index >= 15 is 0 Å². The Balaban J connectivity index is 3.01. The molecule has 0 amide bonds. The van der Waals surface area contributed by atoms with E-state index in [0.717, 1.165) is 25.1 Å². The zero-order chi connectivity index (χ0) is 11.5. The predicted molar refractivity (Wildman–Crippen MR) is 60.0 cm³/mol. The number of hydrogen-bond donors (Lipinski definition) is 1. The first-order valence-corrected chi connectivity index (χ1v) is 5.41. The van der Waals surface area contributed by atoms with Crippen molar-refractivity contribution in [1.82, 2.24) is 15.0 Å². The largest absolute Gasteiger partial charge is 0.348 e. The molecule has 0 aliphatic heterocycles. The molecule has 1 aromatic rings. The lowest BCUT2D eigenvalue weighted by molar-refractivity contribution is 0.529. The fourth-order valence-corrected chi connectivity index (χ4v) is 1.23. The van der Waals surface area contributed by atoms with Gasteiger partial charge in [-0.3, -0.25) is 4.98 Å². The van der Waals surface area contributed by atoms with E-state index in [1.54, 1.807) is 0 Å². The van der Waals surface area contributed by atoms with Gasteiger partial charge >= 0.3 is 5.69 Å². The first-order chi connectivity index (χ1) is 6.93. The Morgan fingerprint density at radius 3 is 2.47 bits per heavy atom. The number of rotatable bonds is 3. The normalized spacial score (nSPS) is 11.7. The number of aromatic amines is 1. The van der Waals surface area contributed by atoms with Gasteiger partial charge in [-0.25, -0.2) is 9.78 Å². The highest BCUT2D eigenvalue weighted by atomic mass is 16.1. The monoisotopic (exact) mass is 209 g/mol. The molecule has 1 aromatic heterocycles. The van der Waals surface area contributed by atoms with Crippen molar-refractivity contribution in [2.24, 2.45) is 0 Å². The average molecular weight is 209 g/mol. The first-order valence-electron chi connectivity index (χ1n) is 5.41. The van der Waals surface area contributed by atoms with Crippen molar-refractivity contribution in [1.29, 1.82) is 0 Å². The topological polar surface area (TPSA) is 58.6 Å². The maximum atomic E-state index is 11.3. The van der Waals surface area contributed by atoms with Gasteiger partial charge in [-0.15, -0.1) is 0 Å². The maximum absolute atomic E-state index is 11.3. The summed E-state index contributed by atoms with van der Waals surface area (Å²) in [6, 6.07) is 0. The van der Waals surface area contributed by atoms with Gasteiger partial charge in [0.15, 0.2) is 0 Å². The molecule has 0 bridgehead atoms. The molecule has 0 fully saturated rings. The molecule has 0 aromatic carbocycles. The standard InChI is InChI=1S/C11H19N3O/c1-5-6-7-8-12-9(11(2,3)4)14-10(15)13-8/h5-7H2,1-4H3,(H,12,13,14,15). The van der Waals surface area contributed by atoms with Gasteiger partial charge in [0.2, 0.25) is 0 Å². The van der Waals surface area contributed by atoms with Gasteiger partial charge in [-0.1, -0.05) is 34.1 Å². The van der Waals surface area contributed by atoms with Gasteiger partial charge in [0, 0.05) is 11.8 Å². The molecule has 4 nitrogen and oxygen atoms in total. The molecule has 1 N–H and O–H groups in total. The van der Waals surface area contributed by atoms with Crippen molar-refractivity contribution < 1.29 is 0 Å². The molecule has 1 heterocycles. The zero-order valence-corrected chi connectivity index (χ0v) is 9.92. The van der Waals surface area contributed by atoms with Crippen LogP contribution in [0.25, 0.3) is 0 Å². The molecule has 0 atom stereocenters. The van der Waals surface area contributed by atoms with Gasteiger partial charge in [-0.05, 0) is 6.42 Å². The van der Waals surface area contributed by atoms with E-state index in [-0.39, 0.29) is 11.1 Å². The third kappa shape index (κ3) is 3.46. The van der Waals surface area contributed by atoms with E-state index in [2.05, 4.69) is 21.9 Å². The second-order valence-electron chi connectivity index (χ2n) is 4.78. The number of aromatic nitrogens is 3. The molecule has 4 heteroatoms. The molecule has 0 radical (unpaired) electrons. The summed E-state index contributed by atoms with van der Waals surface area (Å²) in [7, 11) is 0. The molecule has 0 spiro atoms. The van der Waals surface area contributed by atoms with Crippen LogP contribution in [-0.2, 0) is 11.8 Å². The molecule has 0 aliphatic carbocycles. The van der Waals surface area contributed by atoms with Gasteiger partial charge in [0.1, 0.15) is 11.6 Å². The third-order valence-corrected chi connectivity index (χ3v) is 2.14. The second kappa shape index (κ2) is 4.55. The highest BCUT2D eigenvalue weighted by molar-refractivity contribution is 5.02. The summed E-state index contributed by atoms with van der Waals surface area (Å²) in [6.45, 7) is 8.13. The molecular weight excluding hydrogens is 190 g/mol. The Hall–Kier alpha value is -1.19. The van der Waals surface area contributed by atoms with E-state index in [1.807, 2.05) is 20.8 Å². The maximum Gasteiger partial charge on any atom is 0.348 e. The van der Waals surface area contributed by atoms with E-state index in [1.165, 1.54) is 0 Å². The summed E-state index contributed by atoms with van der Waals surface area (Å²) in [5.74, 6) is 1.37. The molecular formula is C11H19N3O. The van der Waals surface area contributed by atoms with Crippen LogP contribution in [0.3, 0.4) is 0 Å². The van der Waals surface area contributed by atoms with Crippen molar-refractivity contribution in [2.75, 3.05) is 0 Å². The van der Waals surface area contributed by atoms with E-state index in [4.69, 9.17) is 0 Å². The molecule has 0 saturated heterocycles. The Labute approximate surface area is 90.2 Å². The molecule has 1 rings (SSSR count). The van der Waals surface area contributed by atoms with E-state index in [9.17, 15) is 4.79 Å². The lowest BCUT2D eigenvalue weighted by Gasteiger charge is -2.16. The SMILES string of the molecule is CCCCc1nc(C(C)(C)C)nc(=O)[nH]1. The second-order valence-corrected chi connectivity index (χ2v) is 4.78. The number of unbranched alkanes of at least 4 members (excludes halogenated alkanes) is 1. The Kier molecular flexibility index (Phi) is 3.61. The fourth-order valence-electron chi connectivity index (χ4n) is 1.23. The van der Waals surface area contributed by atoms with E-state index in [0.29, 0.717) is 5.82 Å². The van der Waals surface area contributed by atoms with Gasteiger partial charge < -0.3 is 0 Å². The zero-order valence-electron chi connectivity index (χ0n) is 9.92. The minimum Gasteiger partial charge on any atom is -0.294 e. The minimum atomic E-state index is -0.291. The van der Waals surface area contributed by atoms with Crippen LogP contribution in [0.2, 0.25) is 0 Å². The number of H-pyrrole nitrogens is 1. The summed E-state index contributed by atoms with van der Waals surface area (Å²) in [5, 5.41) is 0. The van der Waals surface area contributed by atoms with Crippen molar-refractivity contribution >= 4 is 0 Å². The summed E-state index contributed by atoms with van der Waals surface area (Å²) in [5.41, 5.74) is -0.462. The highest BCUT2D eigenvalue weighted by Crippen LogP contribution is 2.16. The minimum absolute atomic E-state index is 0.171. The quantitative estimate of drug-likeness (QED) is 0.825. The van der Waals surface area contributed by atoms with Crippen LogP contribution < -0.4 is 5.69 Å². The molecule has 15 heavy (non-hydrogen) atoms. The molecule has 0 saturated carbocycles. The van der Waals surface area contributed by atoms with Crippen LogP contribution in [0, 0.1) is 0 Å². The average Bonchev–Trinajstić information content (AvgIpc) is 2.12. The van der Waals surface area contributed by atoms with Crippen molar-refractivity contribution in [3.63, 3.8) is 0 Å². The fraction of sp³-hybridized carbons (Fsp3) is 0.727. The number of hydrogen-bond acceptors (Lipinski definition) is 3. The van der Waals surface area contributed by atoms with Crippen LogP contribution in [0.1, 0.15) is 52.2 Å². The Bertz CT molecular complexity index is 376. The Morgan fingerprint density at radius 2 is 1.93 bits per heavy atom. The number of nitrogens with zero attached hydrogens (tertiary/aromatic N) is 2. The highest BCUT2D eigenvalue weighted by Gasteiger charge is 2.18. The van der Waals surface area contributed by atoms with Gasteiger partial charge in [-0.2, -0.15) is 4.98 Å². The van der Waals surface area contributed by atoms with Crippen LogP contribution in [0.15, 0.2) is 4.79 Å². The summed E-state index contributed by atoms with van der Waals surface area (Å²) >= 11 is 0. The van der Waals surface area contributed by atoms with Crippen molar-refractivity contribution in [2.45, 2.75) is 52.4 Å². The van der Waals surface area contributed by atoms with Crippen LogP contribution in [0.5, 0.6) is 0 Å². The van der Waals surface area contributed by atoms with E-state index < -0.39 is 0 Å². The van der Waals surface area contributed by atoms with Crippen LogP contribution in [-0.4, -0.2) is 15.0 Å². The molecule has 84 valence electrons. The van der Waals surface area contributed by atoms with Crippen LogP contribution >= 0.6 is 0 Å². The Morgan fingerprint density at radius 1 is 1.27 bits per heavy atom. The molecule has 0 unspecified atom stereocenters. The third-order valence-electron chi connectivity index (χ3n) is 2.14. The summed E-state index contributed by atoms with van der Waals surface area (Å²) in [6.07, 6.45) is 2.95. The number of nitrogens with one attached hydrogen (secondary N) is 1. The lowest BCUT2D eigenvalue weighted by atomic mass is 9.96. The first kappa shape index (κ1) is 11.9. The summed E-state index contributed by atoms with van der Waals surface area (Å²) < 4.78 is 0. The smallest absolute Gasteiger partial charge is 0.294 e. The van der Waals surface area contributed by atoms with Gasteiger partial charge in [0.25, 0.3) is 0 Å². The van der Waals surface area contributed by atoms with Crippen LogP contribution in [0.4, 0.5) is 0 Å².